The molecule has 0 aliphatic carbocycles. The molecule has 0 aliphatic heterocycles. The quantitative estimate of drug-likeness (QED) is 0.444. The van der Waals surface area contributed by atoms with Crippen LogP contribution in [0.4, 0.5) is 5.13 Å². The van der Waals surface area contributed by atoms with Crippen LogP contribution in [-0.2, 0) is 9.84 Å². The molecule has 0 unspecified atom stereocenters. The van der Waals surface area contributed by atoms with Gasteiger partial charge in [0, 0.05) is 12.1 Å². The molecular formula is C21H25Cl2N3O3S2. The number of anilines is 1. The van der Waals surface area contributed by atoms with Gasteiger partial charge in [-0.1, -0.05) is 35.9 Å². The van der Waals surface area contributed by atoms with Crippen molar-refractivity contribution in [2.75, 3.05) is 37.8 Å². The maximum atomic E-state index is 13.3. The summed E-state index contributed by atoms with van der Waals surface area (Å²) in [5, 5.41) is 1.12. The molecule has 2 aromatic carbocycles. The third kappa shape index (κ3) is 5.96. The Morgan fingerprint density at radius 1 is 1.10 bits per heavy atom. The third-order valence-electron chi connectivity index (χ3n) is 4.66. The number of carbonyl (C=O) groups excluding carboxylic acids is 1. The number of rotatable bonds is 8. The van der Waals surface area contributed by atoms with Crippen molar-refractivity contribution < 1.29 is 13.2 Å². The van der Waals surface area contributed by atoms with Gasteiger partial charge < -0.3 is 4.90 Å². The number of hydrogen-bond acceptors (Lipinski definition) is 6. The average molecular weight is 502 g/mol. The second-order valence-electron chi connectivity index (χ2n) is 7.12. The highest BCUT2D eigenvalue weighted by Gasteiger charge is 2.22. The molecule has 1 aromatic heterocycles. The molecule has 3 rings (SSSR count). The summed E-state index contributed by atoms with van der Waals surface area (Å²) in [5.74, 6) is -0.201. The number of halogens is 2. The Bertz CT molecular complexity index is 1150. The minimum absolute atomic E-state index is 0. The summed E-state index contributed by atoms with van der Waals surface area (Å²) in [6.45, 7) is 2.91. The first-order chi connectivity index (χ1) is 14.2. The van der Waals surface area contributed by atoms with Gasteiger partial charge in [0.25, 0.3) is 5.91 Å². The van der Waals surface area contributed by atoms with Crippen LogP contribution in [0.1, 0.15) is 23.7 Å². The molecule has 0 aliphatic rings. The van der Waals surface area contributed by atoms with Gasteiger partial charge in [0.05, 0.1) is 20.4 Å². The molecule has 1 heterocycles. The smallest absolute Gasteiger partial charge is 0.260 e. The summed E-state index contributed by atoms with van der Waals surface area (Å²) in [5.41, 5.74) is 1.09. The number of para-hydroxylation sites is 1. The Kier molecular flexibility index (Phi) is 8.85. The first kappa shape index (κ1) is 25.5. The lowest BCUT2D eigenvalue weighted by atomic mass is 10.2. The van der Waals surface area contributed by atoms with Gasteiger partial charge in [-0.3, -0.25) is 9.69 Å². The Balaban J connectivity index is 0.00000341. The standard InChI is InChI=1S/C21H24ClN3O3S2.ClH/c1-4-30(27,28)16-11-9-15(10-12-16)20(26)25(14-6-13-24(2)3)21-23-19-17(22)7-5-8-18(19)29-21;/h5,7-12H,4,6,13-14H2,1-3H3;1H. The van der Waals surface area contributed by atoms with Gasteiger partial charge in [0.2, 0.25) is 0 Å². The van der Waals surface area contributed by atoms with Crippen molar-refractivity contribution in [2.45, 2.75) is 18.2 Å². The van der Waals surface area contributed by atoms with Crippen LogP contribution in [0.3, 0.4) is 0 Å². The summed E-state index contributed by atoms with van der Waals surface area (Å²) >= 11 is 7.68. The largest absolute Gasteiger partial charge is 0.309 e. The van der Waals surface area contributed by atoms with E-state index in [2.05, 4.69) is 9.88 Å². The predicted molar refractivity (Wildman–Crippen MR) is 131 cm³/mol. The second-order valence-corrected chi connectivity index (χ2v) is 10.8. The van der Waals surface area contributed by atoms with Gasteiger partial charge in [-0.05, 0) is 63.5 Å². The van der Waals surface area contributed by atoms with E-state index in [1.165, 1.54) is 23.5 Å². The molecule has 31 heavy (non-hydrogen) atoms. The molecular weight excluding hydrogens is 477 g/mol. The van der Waals surface area contributed by atoms with Gasteiger partial charge in [-0.15, -0.1) is 12.4 Å². The molecule has 0 saturated heterocycles. The fraction of sp³-hybridized carbons (Fsp3) is 0.333. The molecule has 0 saturated carbocycles. The van der Waals surface area contributed by atoms with Crippen molar-refractivity contribution in [2.24, 2.45) is 0 Å². The Hall–Kier alpha value is -1.71. The van der Waals surface area contributed by atoms with Crippen molar-refractivity contribution in [1.82, 2.24) is 9.88 Å². The first-order valence-electron chi connectivity index (χ1n) is 9.57. The average Bonchev–Trinajstić information content (AvgIpc) is 3.16. The van der Waals surface area contributed by atoms with Crippen molar-refractivity contribution >= 4 is 66.4 Å². The van der Waals surface area contributed by atoms with E-state index >= 15 is 0 Å². The van der Waals surface area contributed by atoms with E-state index in [0.29, 0.717) is 27.8 Å². The third-order valence-corrected chi connectivity index (χ3v) is 7.76. The lowest BCUT2D eigenvalue weighted by Crippen LogP contribution is -2.33. The van der Waals surface area contributed by atoms with E-state index in [1.807, 2.05) is 26.2 Å². The zero-order chi connectivity index (χ0) is 21.9. The number of nitrogens with zero attached hydrogens (tertiary/aromatic N) is 3. The van der Waals surface area contributed by atoms with E-state index in [4.69, 9.17) is 11.6 Å². The molecule has 0 N–H and O–H groups in total. The van der Waals surface area contributed by atoms with Gasteiger partial charge in [0.15, 0.2) is 15.0 Å². The fourth-order valence-corrected chi connectivity index (χ4v) is 5.15. The number of amides is 1. The van der Waals surface area contributed by atoms with E-state index in [9.17, 15) is 13.2 Å². The Labute approximate surface area is 198 Å². The summed E-state index contributed by atoms with van der Waals surface area (Å²) in [4.78, 5) is 21.8. The SMILES string of the molecule is CCS(=O)(=O)c1ccc(C(=O)N(CCCN(C)C)c2nc3c(Cl)cccc3s2)cc1.Cl. The van der Waals surface area contributed by atoms with Crippen LogP contribution < -0.4 is 4.90 Å². The van der Waals surface area contributed by atoms with Gasteiger partial charge in [0.1, 0.15) is 5.52 Å². The molecule has 10 heteroatoms. The monoisotopic (exact) mass is 501 g/mol. The normalized spacial score (nSPS) is 11.5. The molecule has 168 valence electrons. The van der Waals surface area contributed by atoms with Gasteiger partial charge >= 0.3 is 0 Å². The van der Waals surface area contributed by atoms with Crippen molar-refractivity contribution in [3.63, 3.8) is 0 Å². The lowest BCUT2D eigenvalue weighted by Gasteiger charge is -2.21. The van der Waals surface area contributed by atoms with Crippen molar-refractivity contribution in [1.29, 1.82) is 0 Å². The number of benzene rings is 2. The number of aromatic nitrogens is 1. The fourth-order valence-electron chi connectivity index (χ4n) is 2.98. The van der Waals surface area contributed by atoms with E-state index in [-0.39, 0.29) is 29.0 Å². The van der Waals surface area contributed by atoms with Crippen LogP contribution in [0.5, 0.6) is 0 Å². The molecule has 0 fully saturated rings. The summed E-state index contributed by atoms with van der Waals surface area (Å²) < 4.78 is 25.0. The van der Waals surface area contributed by atoms with Crippen LogP contribution >= 0.6 is 35.3 Å². The number of hydrogen-bond donors (Lipinski definition) is 0. The van der Waals surface area contributed by atoms with Crippen molar-refractivity contribution in [3.8, 4) is 0 Å². The van der Waals surface area contributed by atoms with E-state index in [0.717, 1.165) is 17.7 Å². The summed E-state index contributed by atoms with van der Waals surface area (Å²) in [7, 11) is 0.651. The van der Waals surface area contributed by atoms with Gasteiger partial charge in [-0.25, -0.2) is 13.4 Å². The number of sulfone groups is 1. The predicted octanol–water partition coefficient (Wildman–Crippen LogP) is 4.76. The molecule has 0 atom stereocenters. The van der Waals surface area contributed by atoms with Crippen LogP contribution in [0, 0.1) is 0 Å². The number of carbonyl (C=O) groups is 1. The van der Waals surface area contributed by atoms with E-state index < -0.39 is 9.84 Å². The molecule has 0 spiro atoms. The highest BCUT2D eigenvalue weighted by Crippen LogP contribution is 2.33. The minimum Gasteiger partial charge on any atom is -0.309 e. The zero-order valence-electron chi connectivity index (χ0n) is 17.5. The topological polar surface area (TPSA) is 70.6 Å². The molecule has 3 aromatic rings. The van der Waals surface area contributed by atoms with Crippen LogP contribution in [0.15, 0.2) is 47.4 Å². The Morgan fingerprint density at radius 3 is 2.35 bits per heavy atom. The van der Waals surface area contributed by atoms with Crippen molar-refractivity contribution in [3.05, 3.63) is 53.1 Å². The van der Waals surface area contributed by atoms with Gasteiger partial charge in [-0.2, -0.15) is 0 Å². The van der Waals surface area contributed by atoms with Crippen LogP contribution in [-0.4, -0.2) is 57.1 Å². The molecule has 0 bridgehead atoms. The first-order valence-corrected chi connectivity index (χ1v) is 12.4. The number of fused-ring (bicyclic) bond motifs is 1. The second kappa shape index (κ2) is 10.7. The summed E-state index contributed by atoms with van der Waals surface area (Å²) in [6.07, 6.45) is 0.769. The zero-order valence-corrected chi connectivity index (χ0v) is 20.7. The summed E-state index contributed by atoms with van der Waals surface area (Å²) in [6, 6.07) is 11.7. The van der Waals surface area contributed by atoms with Crippen LogP contribution in [0.25, 0.3) is 10.2 Å². The maximum absolute atomic E-state index is 13.3. The Morgan fingerprint density at radius 2 is 1.77 bits per heavy atom. The van der Waals surface area contributed by atoms with Crippen LogP contribution in [0.2, 0.25) is 5.02 Å². The maximum Gasteiger partial charge on any atom is 0.260 e. The minimum atomic E-state index is -3.31. The molecule has 0 radical (unpaired) electrons. The highest BCUT2D eigenvalue weighted by molar-refractivity contribution is 7.91. The molecule has 1 amide bonds. The molecule has 6 nitrogen and oxygen atoms in total. The number of thiazole rings is 1. The highest BCUT2D eigenvalue weighted by atomic mass is 35.5. The van der Waals surface area contributed by atoms with E-state index in [1.54, 1.807) is 30.0 Å². The lowest BCUT2D eigenvalue weighted by molar-refractivity contribution is 0.0986.